The Morgan fingerprint density at radius 2 is 1.91 bits per heavy atom. The van der Waals surface area contributed by atoms with Crippen LogP contribution in [0, 0.1) is 11.6 Å². The van der Waals surface area contributed by atoms with E-state index < -0.39 is 17.7 Å². The second-order valence-corrected chi connectivity index (χ2v) is 5.11. The SMILES string of the molecule is O=C(O)C[C@@H](c1ccccc1F)c1c[nH]c2cc(F)ccc12. The normalized spacial score (nSPS) is 12.5. The highest BCUT2D eigenvalue weighted by molar-refractivity contribution is 5.85. The van der Waals surface area contributed by atoms with Gasteiger partial charge in [0.1, 0.15) is 11.6 Å². The van der Waals surface area contributed by atoms with Gasteiger partial charge in [-0.2, -0.15) is 0 Å². The number of H-pyrrole nitrogens is 1. The maximum atomic E-state index is 14.1. The van der Waals surface area contributed by atoms with Gasteiger partial charge in [0.05, 0.1) is 6.42 Å². The molecule has 1 atom stereocenters. The third-order valence-corrected chi connectivity index (χ3v) is 3.71. The third kappa shape index (κ3) is 2.57. The summed E-state index contributed by atoms with van der Waals surface area (Å²) in [7, 11) is 0. The van der Waals surface area contributed by atoms with Gasteiger partial charge in [0.2, 0.25) is 0 Å². The number of nitrogens with one attached hydrogen (secondary N) is 1. The molecule has 0 bridgehead atoms. The second-order valence-electron chi connectivity index (χ2n) is 5.11. The number of carbonyl (C=O) groups is 1. The zero-order chi connectivity index (χ0) is 15.7. The number of hydrogen-bond acceptors (Lipinski definition) is 1. The highest BCUT2D eigenvalue weighted by Crippen LogP contribution is 2.34. The number of aromatic amines is 1. The smallest absolute Gasteiger partial charge is 0.304 e. The van der Waals surface area contributed by atoms with Crippen molar-refractivity contribution in [2.24, 2.45) is 0 Å². The Hall–Kier alpha value is -2.69. The predicted octanol–water partition coefficient (Wildman–Crippen LogP) is 4.05. The lowest BCUT2D eigenvalue weighted by Crippen LogP contribution is -2.09. The molecule has 0 aliphatic heterocycles. The van der Waals surface area contributed by atoms with Crippen LogP contribution in [0.1, 0.15) is 23.5 Å². The summed E-state index contributed by atoms with van der Waals surface area (Å²) in [5.74, 6) is -2.51. The summed E-state index contributed by atoms with van der Waals surface area (Å²) in [6.45, 7) is 0. The average Bonchev–Trinajstić information content (AvgIpc) is 2.88. The topological polar surface area (TPSA) is 53.1 Å². The molecule has 0 saturated heterocycles. The Morgan fingerprint density at radius 3 is 2.64 bits per heavy atom. The van der Waals surface area contributed by atoms with Crippen LogP contribution in [-0.2, 0) is 4.79 Å². The molecule has 112 valence electrons. The molecule has 0 aliphatic rings. The fourth-order valence-electron chi connectivity index (χ4n) is 2.73. The number of fused-ring (bicyclic) bond motifs is 1. The maximum Gasteiger partial charge on any atom is 0.304 e. The molecule has 1 heterocycles. The molecule has 3 rings (SSSR count). The summed E-state index contributed by atoms with van der Waals surface area (Å²) >= 11 is 0. The summed E-state index contributed by atoms with van der Waals surface area (Å²) < 4.78 is 27.4. The molecule has 0 radical (unpaired) electrons. The van der Waals surface area contributed by atoms with Gasteiger partial charge in [-0.3, -0.25) is 4.79 Å². The maximum absolute atomic E-state index is 14.1. The van der Waals surface area contributed by atoms with Crippen molar-refractivity contribution in [3.8, 4) is 0 Å². The quantitative estimate of drug-likeness (QED) is 0.763. The van der Waals surface area contributed by atoms with Crippen molar-refractivity contribution in [3.63, 3.8) is 0 Å². The highest BCUT2D eigenvalue weighted by Gasteiger charge is 2.23. The lowest BCUT2D eigenvalue weighted by Gasteiger charge is -2.15. The largest absolute Gasteiger partial charge is 0.481 e. The van der Waals surface area contributed by atoms with Crippen molar-refractivity contribution in [1.29, 1.82) is 0 Å². The van der Waals surface area contributed by atoms with Crippen molar-refractivity contribution >= 4 is 16.9 Å². The molecule has 2 aromatic carbocycles. The van der Waals surface area contributed by atoms with Gasteiger partial charge < -0.3 is 10.1 Å². The van der Waals surface area contributed by atoms with Crippen LogP contribution in [0.4, 0.5) is 8.78 Å². The van der Waals surface area contributed by atoms with Crippen molar-refractivity contribution in [2.75, 3.05) is 0 Å². The van der Waals surface area contributed by atoms with Gasteiger partial charge in [-0.15, -0.1) is 0 Å². The molecule has 3 nitrogen and oxygen atoms in total. The van der Waals surface area contributed by atoms with E-state index in [1.165, 1.54) is 18.2 Å². The minimum atomic E-state index is -1.02. The minimum absolute atomic E-state index is 0.245. The molecule has 0 amide bonds. The zero-order valence-corrected chi connectivity index (χ0v) is 11.5. The molecule has 1 aromatic heterocycles. The number of aliphatic carboxylic acids is 1. The van der Waals surface area contributed by atoms with Crippen LogP contribution in [0.25, 0.3) is 10.9 Å². The van der Waals surface area contributed by atoms with E-state index in [2.05, 4.69) is 4.98 Å². The van der Waals surface area contributed by atoms with Crippen molar-refractivity contribution in [2.45, 2.75) is 12.3 Å². The van der Waals surface area contributed by atoms with Gasteiger partial charge in [0, 0.05) is 23.0 Å². The van der Waals surface area contributed by atoms with Crippen LogP contribution < -0.4 is 0 Å². The molecular weight excluding hydrogens is 288 g/mol. The molecule has 0 spiro atoms. The van der Waals surface area contributed by atoms with E-state index >= 15 is 0 Å². The third-order valence-electron chi connectivity index (χ3n) is 3.71. The molecule has 0 fully saturated rings. The first-order valence-electron chi connectivity index (χ1n) is 6.79. The molecule has 22 heavy (non-hydrogen) atoms. The summed E-state index contributed by atoms with van der Waals surface area (Å²) in [5.41, 5.74) is 1.51. The number of benzene rings is 2. The Balaban J connectivity index is 2.16. The van der Waals surface area contributed by atoms with Gasteiger partial charge in [-0.25, -0.2) is 8.78 Å². The summed E-state index contributed by atoms with van der Waals surface area (Å²) in [6.07, 6.45) is 1.37. The lowest BCUT2D eigenvalue weighted by molar-refractivity contribution is -0.137. The summed E-state index contributed by atoms with van der Waals surface area (Å²) in [4.78, 5) is 14.1. The van der Waals surface area contributed by atoms with Gasteiger partial charge in [0.25, 0.3) is 0 Å². The predicted molar refractivity (Wildman–Crippen MR) is 78.8 cm³/mol. The average molecular weight is 301 g/mol. The van der Waals surface area contributed by atoms with Crippen molar-refractivity contribution in [1.82, 2.24) is 4.98 Å². The number of carboxylic acids is 1. The highest BCUT2D eigenvalue weighted by atomic mass is 19.1. The zero-order valence-electron chi connectivity index (χ0n) is 11.5. The Bertz CT molecular complexity index is 842. The Morgan fingerprint density at radius 1 is 1.14 bits per heavy atom. The first-order valence-corrected chi connectivity index (χ1v) is 6.79. The molecule has 5 heteroatoms. The number of carboxylic acid groups (broad SMARTS) is 1. The molecule has 3 aromatic rings. The van der Waals surface area contributed by atoms with E-state index in [9.17, 15) is 13.6 Å². The number of aromatic nitrogens is 1. The summed E-state index contributed by atoms with van der Waals surface area (Å²) in [5, 5.41) is 9.85. The molecule has 0 unspecified atom stereocenters. The van der Waals surface area contributed by atoms with Gasteiger partial charge >= 0.3 is 5.97 Å². The van der Waals surface area contributed by atoms with E-state index in [0.717, 1.165) is 0 Å². The fourth-order valence-corrected chi connectivity index (χ4v) is 2.73. The van der Waals surface area contributed by atoms with Crippen LogP contribution in [0.5, 0.6) is 0 Å². The van der Waals surface area contributed by atoms with E-state index in [-0.39, 0.29) is 12.2 Å². The fraction of sp³-hybridized carbons (Fsp3) is 0.118. The molecule has 0 aliphatic carbocycles. The summed E-state index contributed by atoms with van der Waals surface area (Å²) in [6, 6.07) is 10.3. The van der Waals surface area contributed by atoms with Crippen LogP contribution in [0.3, 0.4) is 0 Å². The number of hydrogen-bond donors (Lipinski definition) is 2. The monoisotopic (exact) mass is 301 g/mol. The molecule has 0 saturated carbocycles. The van der Waals surface area contributed by atoms with Crippen LogP contribution in [0.15, 0.2) is 48.7 Å². The lowest BCUT2D eigenvalue weighted by atomic mass is 9.88. The Kier molecular flexibility index (Phi) is 3.63. The molecule has 2 N–H and O–H groups in total. The van der Waals surface area contributed by atoms with Crippen LogP contribution >= 0.6 is 0 Å². The van der Waals surface area contributed by atoms with Crippen molar-refractivity contribution < 1.29 is 18.7 Å². The number of rotatable bonds is 4. The van der Waals surface area contributed by atoms with Crippen LogP contribution in [0.2, 0.25) is 0 Å². The second kappa shape index (κ2) is 5.60. The van der Waals surface area contributed by atoms with Crippen LogP contribution in [-0.4, -0.2) is 16.1 Å². The van der Waals surface area contributed by atoms with E-state index in [1.54, 1.807) is 30.5 Å². The number of halogens is 2. The van der Waals surface area contributed by atoms with E-state index in [4.69, 9.17) is 5.11 Å². The first kappa shape index (κ1) is 14.3. The van der Waals surface area contributed by atoms with E-state index in [1.807, 2.05) is 0 Å². The van der Waals surface area contributed by atoms with Crippen molar-refractivity contribution in [3.05, 3.63) is 71.4 Å². The van der Waals surface area contributed by atoms with Gasteiger partial charge in [-0.05, 0) is 35.4 Å². The standard InChI is InChI=1S/C17H13F2NO2/c18-10-5-6-12-14(9-20-16(12)7-10)13(8-17(21)22)11-3-1-2-4-15(11)19/h1-7,9,13,20H,8H2,(H,21,22)/t13-/m0/s1. The molecular formula is C17H13F2NO2. The van der Waals surface area contributed by atoms with Gasteiger partial charge in [0.15, 0.2) is 0 Å². The van der Waals surface area contributed by atoms with Gasteiger partial charge in [-0.1, -0.05) is 18.2 Å². The van der Waals surface area contributed by atoms with E-state index in [0.29, 0.717) is 22.0 Å². The minimum Gasteiger partial charge on any atom is -0.481 e. The Labute approximate surface area is 125 Å². The first-order chi connectivity index (χ1) is 10.6.